The topological polar surface area (TPSA) is 58.6 Å². The second-order valence-corrected chi connectivity index (χ2v) is 8.39. The third-order valence-electron chi connectivity index (χ3n) is 5.72. The predicted molar refractivity (Wildman–Crippen MR) is 118 cm³/mol. The Hall–Kier alpha value is -2.89. The summed E-state index contributed by atoms with van der Waals surface area (Å²) in [5, 5.41) is 3.04. The number of hydrogen-bond donors (Lipinski definition) is 1. The number of aryl methyl sites for hydroxylation is 2. The number of nitrogens with one attached hydrogen (secondary N) is 1. The van der Waals surface area contributed by atoms with Gasteiger partial charge in [-0.05, 0) is 62.9 Å². The van der Waals surface area contributed by atoms with E-state index < -0.39 is 11.9 Å². The lowest BCUT2D eigenvalue weighted by atomic mass is 10.1. The van der Waals surface area contributed by atoms with Crippen molar-refractivity contribution in [2.24, 2.45) is 0 Å². The second kappa shape index (κ2) is 10.4. The maximum absolute atomic E-state index is 14.3. The molecule has 1 saturated carbocycles. The quantitative estimate of drug-likeness (QED) is 0.685. The van der Waals surface area contributed by atoms with Crippen LogP contribution >= 0.6 is 0 Å². The van der Waals surface area contributed by atoms with Crippen molar-refractivity contribution in [2.45, 2.75) is 65.1 Å². The summed E-state index contributed by atoms with van der Waals surface area (Å²) >= 11 is 0. The van der Waals surface area contributed by atoms with Crippen LogP contribution in [0.3, 0.4) is 0 Å². The van der Waals surface area contributed by atoms with E-state index in [1.54, 1.807) is 25.1 Å². The van der Waals surface area contributed by atoms with Gasteiger partial charge in [0.1, 0.15) is 17.6 Å². The normalized spacial score (nSPS) is 14.8. The Bertz CT molecular complexity index is 904. The van der Waals surface area contributed by atoms with Crippen LogP contribution in [0.15, 0.2) is 42.5 Å². The van der Waals surface area contributed by atoms with Crippen LogP contribution in [-0.4, -0.2) is 35.4 Å². The Morgan fingerprint density at radius 2 is 1.77 bits per heavy atom. The highest BCUT2D eigenvalue weighted by Crippen LogP contribution is 2.20. The molecule has 0 spiro atoms. The van der Waals surface area contributed by atoms with Crippen LogP contribution in [0.25, 0.3) is 0 Å². The van der Waals surface area contributed by atoms with E-state index in [0.717, 1.165) is 36.8 Å². The maximum atomic E-state index is 14.3. The van der Waals surface area contributed by atoms with Gasteiger partial charge < -0.3 is 15.0 Å². The molecule has 1 aliphatic rings. The smallest absolute Gasteiger partial charge is 0.261 e. The molecule has 2 aromatic carbocycles. The van der Waals surface area contributed by atoms with E-state index in [1.165, 1.54) is 11.0 Å². The van der Waals surface area contributed by atoms with Gasteiger partial charge in [-0.25, -0.2) is 4.39 Å². The van der Waals surface area contributed by atoms with E-state index in [4.69, 9.17) is 4.74 Å². The number of amides is 2. The van der Waals surface area contributed by atoms with Gasteiger partial charge in [-0.3, -0.25) is 9.59 Å². The zero-order valence-electron chi connectivity index (χ0n) is 18.5. The second-order valence-electron chi connectivity index (χ2n) is 8.39. The van der Waals surface area contributed by atoms with Gasteiger partial charge in [0.05, 0.1) is 0 Å². The Morgan fingerprint density at radius 3 is 2.42 bits per heavy atom. The number of ether oxygens (including phenoxy) is 1. The summed E-state index contributed by atoms with van der Waals surface area (Å²) in [7, 11) is 0. The van der Waals surface area contributed by atoms with Crippen LogP contribution in [0.4, 0.5) is 4.39 Å². The number of halogens is 1. The minimum atomic E-state index is -0.740. The first-order chi connectivity index (χ1) is 14.8. The van der Waals surface area contributed by atoms with Crippen molar-refractivity contribution < 1.29 is 18.7 Å². The standard InChI is InChI=1S/C25H31FN2O3/c1-17-12-18(2)14-22(13-17)31-16-24(29)28(15-20-8-4-7-11-23(20)26)19(3)25(30)27-21-9-5-6-10-21/h4,7-8,11-14,19,21H,5-6,9-10,15-16H2,1-3H3,(H,27,30)/t19-/m0/s1. The predicted octanol–water partition coefficient (Wildman–Crippen LogP) is 4.30. The minimum absolute atomic E-state index is 0.000958. The molecule has 0 aliphatic heterocycles. The molecular formula is C25H31FN2O3. The lowest BCUT2D eigenvalue weighted by Crippen LogP contribution is -2.50. The molecule has 1 atom stereocenters. The third-order valence-corrected chi connectivity index (χ3v) is 5.72. The molecule has 0 bridgehead atoms. The van der Waals surface area contributed by atoms with Crippen LogP contribution in [0, 0.1) is 19.7 Å². The van der Waals surface area contributed by atoms with E-state index in [2.05, 4.69) is 5.32 Å². The summed E-state index contributed by atoms with van der Waals surface area (Å²) in [6.07, 6.45) is 4.10. The van der Waals surface area contributed by atoms with Crippen LogP contribution in [0.1, 0.15) is 49.3 Å². The van der Waals surface area contributed by atoms with Crippen molar-refractivity contribution in [3.8, 4) is 5.75 Å². The van der Waals surface area contributed by atoms with Crippen LogP contribution < -0.4 is 10.1 Å². The molecule has 0 radical (unpaired) electrons. The molecule has 0 aromatic heterocycles. The first kappa shape index (κ1) is 22.8. The average molecular weight is 427 g/mol. The first-order valence-electron chi connectivity index (χ1n) is 10.9. The zero-order chi connectivity index (χ0) is 22.4. The van der Waals surface area contributed by atoms with Gasteiger partial charge in [-0.15, -0.1) is 0 Å². The van der Waals surface area contributed by atoms with Crippen molar-refractivity contribution in [3.63, 3.8) is 0 Å². The lowest BCUT2D eigenvalue weighted by Gasteiger charge is -2.29. The molecule has 166 valence electrons. The fourth-order valence-electron chi connectivity index (χ4n) is 4.03. The van der Waals surface area contributed by atoms with E-state index in [0.29, 0.717) is 11.3 Å². The third kappa shape index (κ3) is 6.29. The number of benzene rings is 2. The summed E-state index contributed by atoms with van der Waals surface area (Å²) in [6.45, 7) is 5.38. The Morgan fingerprint density at radius 1 is 1.13 bits per heavy atom. The van der Waals surface area contributed by atoms with E-state index in [1.807, 2.05) is 32.0 Å². The van der Waals surface area contributed by atoms with Gasteiger partial charge >= 0.3 is 0 Å². The highest BCUT2D eigenvalue weighted by atomic mass is 19.1. The average Bonchev–Trinajstić information content (AvgIpc) is 3.23. The molecule has 0 heterocycles. The van der Waals surface area contributed by atoms with Crippen LogP contribution in [-0.2, 0) is 16.1 Å². The highest BCUT2D eigenvalue weighted by Gasteiger charge is 2.29. The van der Waals surface area contributed by atoms with Crippen molar-refractivity contribution in [3.05, 3.63) is 65.0 Å². The molecule has 1 fully saturated rings. The monoisotopic (exact) mass is 426 g/mol. The highest BCUT2D eigenvalue weighted by molar-refractivity contribution is 5.88. The molecule has 0 unspecified atom stereocenters. The largest absolute Gasteiger partial charge is 0.484 e. The summed E-state index contributed by atoms with van der Waals surface area (Å²) in [5.74, 6) is -0.391. The molecule has 5 nitrogen and oxygen atoms in total. The van der Waals surface area contributed by atoms with Crippen molar-refractivity contribution in [2.75, 3.05) is 6.61 Å². The Kier molecular flexibility index (Phi) is 7.66. The van der Waals surface area contributed by atoms with Gasteiger partial charge in [-0.1, -0.05) is 37.1 Å². The molecule has 0 saturated heterocycles. The fourth-order valence-corrected chi connectivity index (χ4v) is 4.03. The number of rotatable bonds is 8. The summed E-state index contributed by atoms with van der Waals surface area (Å²) in [4.78, 5) is 27.3. The minimum Gasteiger partial charge on any atom is -0.484 e. The molecule has 31 heavy (non-hydrogen) atoms. The number of hydrogen-bond acceptors (Lipinski definition) is 3. The van der Waals surface area contributed by atoms with Gasteiger partial charge in [0.25, 0.3) is 5.91 Å². The first-order valence-corrected chi connectivity index (χ1v) is 10.9. The van der Waals surface area contributed by atoms with Crippen molar-refractivity contribution in [1.29, 1.82) is 0 Å². The number of nitrogens with zero attached hydrogens (tertiary/aromatic N) is 1. The van der Waals surface area contributed by atoms with E-state index in [-0.39, 0.29) is 31.0 Å². The molecule has 1 N–H and O–H groups in total. The van der Waals surface area contributed by atoms with Gasteiger partial charge in [0.2, 0.25) is 5.91 Å². The number of carbonyl (C=O) groups is 2. The van der Waals surface area contributed by atoms with Gasteiger partial charge in [0.15, 0.2) is 6.61 Å². The summed E-state index contributed by atoms with van der Waals surface area (Å²) < 4.78 is 20.0. The molecular weight excluding hydrogens is 395 g/mol. The maximum Gasteiger partial charge on any atom is 0.261 e. The summed E-state index contributed by atoms with van der Waals surface area (Å²) in [6, 6.07) is 11.4. The van der Waals surface area contributed by atoms with E-state index in [9.17, 15) is 14.0 Å². The summed E-state index contributed by atoms with van der Waals surface area (Å²) in [5.41, 5.74) is 2.44. The Balaban J connectivity index is 1.74. The lowest BCUT2D eigenvalue weighted by molar-refractivity contribution is -0.142. The van der Waals surface area contributed by atoms with Crippen LogP contribution in [0.2, 0.25) is 0 Å². The Labute approximate surface area is 183 Å². The van der Waals surface area contributed by atoms with Crippen LogP contribution in [0.5, 0.6) is 5.75 Å². The van der Waals surface area contributed by atoms with Crippen molar-refractivity contribution in [1.82, 2.24) is 10.2 Å². The molecule has 1 aliphatic carbocycles. The van der Waals surface area contributed by atoms with Gasteiger partial charge in [0, 0.05) is 18.2 Å². The molecule has 2 aromatic rings. The fraction of sp³-hybridized carbons (Fsp3) is 0.440. The van der Waals surface area contributed by atoms with E-state index >= 15 is 0 Å². The molecule has 2 amide bonds. The zero-order valence-corrected chi connectivity index (χ0v) is 18.5. The molecule has 3 rings (SSSR count). The number of carbonyl (C=O) groups excluding carboxylic acids is 2. The SMILES string of the molecule is Cc1cc(C)cc(OCC(=O)N(Cc2ccccc2F)[C@@H](C)C(=O)NC2CCCC2)c1. The van der Waals surface area contributed by atoms with Crippen molar-refractivity contribution >= 4 is 11.8 Å². The molecule has 6 heteroatoms. The van der Waals surface area contributed by atoms with Gasteiger partial charge in [-0.2, -0.15) is 0 Å².